The first-order valence-electron chi connectivity index (χ1n) is 5.48. The molecule has 0 spiro atoms. The molecule has 0 fully saturated rings. The first kappa shape index (κ1) is 13.0. The summed E-state index contributed by atoms with van der Waals surface area (Å²) in [6.07, 6.45) is 0.818. The average molecular weight is 233 g/mol. The van der Waals surface area contributed by atoms with Gasteiger partial charge in [-0.15, -0.1) is 0 Å². The van der Waals surface area contributed by atoms with E-state index in [0.29, 0.717) is 5.56 Å². The van der Waals surface area contributed by atoms with Crippen molar-refractivity contribution in [2.24, 2.45) is 0 Å². The van der Waals surface area contributed by atoms with Gasteiger partial charge in [-0.2, -0.15) is 5.26 Å². The van der Waals surface area contributed by atoms with Gasteiger partial charge in [0.25, 0.3) is 0 Å². The van der Waals surface area contributed by atoms with Gasteiger partial charge in [0.05, 0.1) is 11.6 Å². The molecule has 0 amide bonds. The predicted molar refractivity (Wildman–Crippen MR) is 68.6 cm³/mol. The summed E-state index contributed by atoms with van der Waals surface area (Å²) in [4.78, 5) is 10.2. The Morgan fingerprint density at radius 2 is 2.00 bits per heavy atom. The van der Waals surface area contributed by atoms with Crippen LogP contribution in [0.3, 0.4) is 0 Å². The van der Waals surface area contributed by atoms with E-state index in [2.05, 4.69) is 19.9 Å². The van der Waals surface area contributed by atoms with Gasteiger partial charge in [0, 0.05) is 0 Å². The highest BCUT2D eigenvalue weighted by Crippen LogP contribution is 2.38. The normalized spacial score (nSPS) is 12.2. The van der Waals surface area contributed by atoms with Gasteiger partial charge in [0.15, 0.2) is 8.32 Å². The molecule has 1 aromatic rings. The topological polar surface area (TPSA) is 44.0 Å². The van der Waals surface area contributed by atoms with Crippen molar-refractivity contribution in [1.82, 2.24) is 0 Å². The Labute approximate surface area is 98.7 Å². The molecule has 0 aliphatic rings. The van der Waals surface area contributed by atoms with E-state index in [9.17, 15) is 4.80 Å². The molecule has 0 aliphatic heterocycles. The highest BCUT2D eigenvalue weighted by molar-refractivity contribution is 6.72. The van der Waals surface area contributed by atoms with Crippen LogP contribution >= 0.6 is 0 Å². The van der Waals surface area contributed by atoms with E-state index in [4.69, 9.17) is 5.26 Å². The lowest BCUT2D eigenvalue weighted by molar-refractivity contribution is 0.467. The SMILES string of the molecule is CC(C)(Cc1cccc(C#N)c1)[Si](C)(C)O. The van der Waals surface area contributed by atoms with Gasteiger partial charge in [-0.05, 0) is 42.2 Å². The smallest absolute Gasteiger partial charge is 0.188 e. The fraction of sp³-hybridized carbons (Fsp3) is 0.462. The van der Waals surface area contributed by atoms with Crippen molar-refractivity contribution in [3.05, 3.63) is 35.4 Å². The molecule has 0 atom stereocenters. The first-order valence-corrected chi connectivity index (χ1v) is 8.42. The number of hydrogen-bond donors (Lipinski definition) is 1. The van der Waals surface area contributed by atoms with Crippen molar-refractivity contribution in [2.45, 2.75) is 38.4 Å². The molecule has 0 unspecified atom stereocenters. The molecule has 1 N–H and O–H groups in total. The van der Waals surface area contributed by atoms with Crippen LogP contribution in [0.2, 0.25) is 18.1 Å². The summed E-state index contributed by atoms with van der Waals surface area (Å²) in [6.45, 7) is 8.11. The highest BCUT2D eigenvalue weighted by Gasteiger charge is 2.37. The van der Waals surface area contributed by atoms with E-state index in [-0.39, 0.29) is 5.04 Å². The van der Waals surface area contributed by atoms with E-state index >= 15 is 0 Å². The molecule has 86 valence electrons. The predicted octanol–water partition coefficient (Wildman–Crippen LogP) is 3.08. The van der Waals surface area contributed by atoms with E-state index in [1.165, 1.54) is 0 Å². The molecule has 0 heterocycles. The zero-order valence-corrected chi connectivity index (χ0v) is 11.4. The van der Waals surface area contributed by atoms with Gasteiger partial charge in [-0.25, -0.2) is 0 Å². The van der Waals surface area contributed by atoms with Gasteiger partial charge >= 0.3 is 0 Å². The van der Waals surface area contributed by atoms with E-state index in [0.717, 1.165) is 12.0 Å². The summed E-state index contributed by atoms with van der Waals surface area (Å²) in [7, 11) is -2.18. The first-order chi connectivity index (χ1) is 7.26. The minimum absolute atomic E-state index is 0.0823. The van der Waals surface area contributed by atoms with E-state index < -0.39 is 8.32 Å². The summed E-state index contributed by atoms with van der Waals surface area (Å²) in [6, 6.07) is 9.76. The third-order valence-electron chi connectivity index (χ3n) is 3.36. The molecular weight excluding hydrogens is 214 g/mol. The Morgan fingerprint density at radius 1 is 1.38 bits per heavy atom. The molecule has 1 aromatic carbocycles. The average Bonchev–Trinajstić information content (AvgIpc) is 2.15. The third-order valence-corrected chi connectivity index (χ3v) is 6.85. The fourth-order valence-electron chi connectivity index (χ4n) is 1.48. The number of benzene rings is 1. The maximum atomic E-state index is 10.2. The lowest BCUT2D eigenvalue weighted by Gasteiger charge is -2.35. The van der Waals surface area contributed by atoms with Crippen LogP contribution in [-0.2, 0) is 6.42 Å². The van der Waals surface area contributed by atoms with Crippen molar-refractivity contribution in [1.29, 1.82) is 5.26 Å². The quantitative estimate of drug-likeness (QED) is 0.815. The third kappa shape index (κ3) is 2.94. The Morgan fingerprint density at radius 3 is 2.50 bits per heavy atom. The Hall–Kier alpha value is -1.11. The van der Waals surface area contributed by atoms with Gasteiger partial charge in [0.1, 0.15) is 0 Å². The zero-order chi connectivity index (χ0) is 12.4. The van der Waals surface area contributed by atoms with Crippen LogP contribution in [0, 0.1) is 11.3 Å². The van der Waals surface area contributed by atoms with Crippen LogP contribution in [0.4, 0.5) is 0 Å². The zero-order valence-electron chi connectivity index (χ0n) is 10.4. The largest absolute Gasteiger partial charge is 0.432 e. The molecule has 0 aliphatic carbocycles. The Balaban J connectivity index is 2.93. The van der Waals surface area contributed by atoms with Gasteiger partial charge in [0.2, 0.25) is 0 Å². The van der Waals surface area contributed by atoms with Crippen molar-refractivity contribution >= 4 is 8.32 Å². The maximum Gasteiger partial charge on any atom is 0.188 e. The Kier molecular flexibility index (Phi) is 3.56. The number of nitrogens with zero attached hydrogens (tertiary/aromatic N) is 1. The maximum absolute atomic E-state index is 10.2. The molecule has 0 aromatic heterocycles. The van der Waals surface area contributed by atoms with Gasteiger partial charge in [-0.1, -0.05) is 26.0 Å². The van der Waals surface area contributed by atoms with Crippen LogP contribution < -0.4 is 0 Å². The van der Waals surface area contributed by atoms with Crippen LogP contribution in [0.25, 0.3) is 0 Å². The Bertz CT molecular complexity index is 413. The van der Waals surface area contributed by atoms with Crippen LogP contribution in [0.1, 0.15) is 25.0 Å². The lowest BCUT2D eigenvalue weighted by Crippen LogP contribution is -2.40. The van der Waals surface area contributed by atoms with E-state index in [1.54, 1.807) is 6.07 Å². The lowest BCUT2D eigenvalue weighted by atomic mass is 10.0. The molecule has 0 saturated carbocycles. The summed E-state index contributed by atoms with van der Waals surface area (Å²) in [5, 5.41) is 8.75. The minimum Gasteiger partial charge on any atom is -0.432 e. The number of hydrogen-bond acceptors (Lipinski definition) is 2. The van der Waals surface area contributed by atoms with E-state index in [1.807, 2.05) is 31.3 Å². The summed E-state index contributed by atoms with van der Waals surface area (Å²) >= 11 is 0. The van der Waals surface area contributed by atoms with Crippen LogP contribution in [-0.4, -0.2) is 13.1 Å². The molecule has 0 bridgehead atoms. The fourth-order valence-corrected chi connectivity index (χ4v) is 2.11. The molecule has 1 rings (SSSR count). The molecule has 2 nitrogen and oxygen atoms in total. The monoisotopic (exact) mass is 233 g/mol. The summed E-state index contributed by atoms with van der Waals surface area (Å²) in [5.74, 6) is 0. The molecule has 0 radical (unpaired) electrons. The second kappa shape index (κ2) is 4.40. The second-order valence-corrected chi connectivity index (χ2v) is 9.90. The minimum atomic E-state index is -2.18. The van der Waals surface area contributed by atoms with Crippen LogP contribution in [0.15, 0.2) is 24.3 Å². The number of nitriles is 1. The van der Waals surface area contributed by atoms with Crippen molar-refractivity contribution < 1.29 is 4.80 Å². The summed E-state index contributed by atoms with van der Waals surface area (Å²) < 4.78 is 0. The molecule has 16 heavy (non-hydrogen) atoms. The van der Waals surface area contributed by atoms with Crippen molar-refractivity contribution in [3.8, 4) is 6.07 Å². The van der Waals surface area contributed by atoms with Gasteiger partial charge < -0.3 is 4.80 Å². The van der Waals surface area contributed by atoms with Crippen molar-refractivity contribution in [2.75, 3.05) is 0 Å². The van der Waals surface area contributed by atoms with Crippen molar-refractivity contribution in [3.63, 3.8) is 0 Å². The molecule has 0 saturated heterocycles. The highest BCUT2D eigenvalue weighted by atomic mass is 28.4. The summed E-state index contributed by atoms with van der Waals surface area (Å²) in [5.41, 5.74) is 1.81. The molecular formula is C13H19NOSi. The second-order valence-electron chi connectivity index (χ2n) is 5.43. The number of rotatable bonds is 3. The van der Waals surface area contributed by atoms with Gasteiger partial charge in [-0.3, -0.25) is 0 Å². The van der Waals surface area contributed by atoms with Crippen LogP contribution in [0.5, 0.6) is 0 Å². The standard InChI is InChI=1S/C13H19NOSi/c1-13(2,16(3,4)15)9-11-6-5-7-12(8-11)10-14/h5-8,15H,9H2,1-4H3. The molecule has 3 heteroatoms.